The highest BCUT2D eigenvalue weighted by molar-refractivity contribution is 5.78. The molecule has 0 radical (unpaired) electrons. The average Bonchev–Trinajstić information content (AvgIpc) is 2.70. The van der Waals surface area contributed by atoms with Crippen molar-refractivity contribution in [2.45, 2.75) is 19.4 Å². The Morgan fingerprint density at radius 1 is 1.67 bits per heavy atom. The summed E-state index contributed by atoms with van der Waals surface area (Å²) < 4.78 is 5.29. The van der Waals surface area contributed by atoms with Crippen LogP contribution in [0, 0.1) is 0 Å². The largest absolute Gasteiger partial charge is 0.469 e. The van der Waals surface area contributed by atoms with Crippen LogP contribution in [-0.4, -0.2) is 36.5 Å². The number of nitrogens with one attached hydrogen (secondary N) is 1. The maximum atomic E-state index is 11.2. The molecule has 1 aliphatic rings. The predicted octanol–water partition coefficient (Wildman–Crippen LogP) is 0.642. The summed E-state index contributed by atoms with van der Waals surface area (Å²) in [4.78, 5) is 13.4. The van der Waals surface area contributed by atoms with E-state index in [1.807, 2.05) is 12.1 Å². The Hall–Kier alpha value is -1.29. The van der Waals surface area contributed by atoms with Crippen molar-refractivity contribution in [2.24, 2.45) is 0 Å². The third-order valence-corrected chi connectivity index (χ3v) is 2.77. The molecule has 0 aromatic carbocycles. The number of carbonyl (C=O) groups is 1. The predicted molar refractivity (Wildman–Crippen MR) is 56.5 cm³/mol. The lowest BCUT2D eigenvalue weighted by Crippen LogP contribution is -2.51. The zero-order valence-corrected chi connectivity index (χ0v) is 8.90. The van der Waals surface area contributed by atoms with Gasteiger partial charge in [0.15, 0.2) is 0 Å². The molecule has 0 unspecified atom stereocenters. The summed E-state index contributed by atoms with van der Waals surface area (Å²) >= 11 is 0. The van der Waals surface area contributed by atoms with Crippen molar-refractivity contribution in [1.82, 2.24) is 10.2 Å². The van der Waals surface area contributed by atoms with Crippen LogP contribution in [0.1, 0.15) is 12.7 Å². The molecule has 1 N–H and O–H groups in total. The summed E-state index contributed by atoms with van der Waals surface area (Å²) in [5.41, 5.74) is 0. The number of nitrogens with zero attached hydrogens (tertiary/aromatic N) is 1. The molecule has 1 fully saturated rings. The third-order valence-electron chi connectivity index (χ3n) is 2.77. The zero-order chi connectivity index (χ0) is 10.7. The maximum Gasteiger partial charge on any atom is 0.234 e. The molecule has 4 heteroatoms. The van der Waals surface area contributed by atoms with Crippen LogP contribution in [0.15, 0.2) is 22.8 Å². The summed E-state index contributed by atoms with van der Waals surface area (Å²) in [5, 5.41) is 2.82. The fourth-order valence-electron chi connectivity index (χ4n) is 1.88. The summed E-state index contributed by atoms with van der Waals surface area (Å²) in [7, 11) is 0. The summed E-state index contributed by atoms with van der Waals surface area (Å²) in [6.07, 6.45) is 2.55. The Morgan fingerprint density at radius 2 is 2.53 bits per heavy atom. The first kappa shape index (κ1) is 10.2. The van der Waals surface area contributed by atoms with Gasteiger partial charge >= 0.3 is 0 Å². The minimum absolute atomic E-state index is 0.118. The van der Waals surface area contributed by atoms with E-state index in [0.717, 1.165) is 25.3 Å². The van der Waals surface area contributed by atoms with E-state index in [0.29, 0.717) is 12.6 Å². The smallest absolute Gasteiger partial charge is 0.234 e. The lowest BCUT2D eigenvalue weighted by Gasteiger charge is -2.31. The van der Waals surface area contributed by atoms with Crippen LogP contribution < -0.4 is 5.32 Å². The second-order valence-corrected chi connectivity index (χ2v) is 3.95. The monoisotopic (exact) mass is 208 g/mol. The molecule has 1 saturated heterocycles. The number of rotatable bonds is 3. The Bertz CT molecular complexity index is 321. The molecule has 2 heterocycles. The Labute approximate surface area is 89.2 Å². The molecule has 4 nitrogen and oxygen atoms in total. The third kappa shape index (κ3) is 2.59. The highest BCUT2D eigenvalue weighted by Crippen LogP contribution is 2.10. The zero-order valence-electron chi connectivity index (χ0n) is 8.90. The highest BCUT2D eigenvalue weighted by Gasteiger charge is 2.21. The molecule has 1 aromatic rings. The van der Waals surface area contributed by atoms with Crippen molar-refractivity contribution in [3.05, 3.63) is 24.2 Å². The number of hydrogen-bond donors (Lipinski definition) is 1. The van der Waals surface area contributed by atoms with E-state index in [9.17, 15) is 4.79 Å². The van der Waals surface area contributed by atoms with Crippen molar-refractivity contribution in [1.29, 1.82) is 0 Å². The van der Waals surface area contributed by atoms with Crippen molar-refractivity contribution < 1.29 is 9.21 Å². The molecular formula is C11H16N2O2. The first-order chi connectivity index (χ1) is 7.25. The van der Waals surface area contributed by atoms with Crippen molar-refractivity contribution in [3.8, 4) is 0 Å². The normalized spacial score (nSPS) is 19.9. The van der Waals surface area contributed by atoms with Gasteiger partial charge in [0.2, 0.25) is 5.91 Å². The lowest BCUT2D eigenvalue weighted by molar-refractivity contribution is -0.124. The number of hydrogen-bond acceptors (Lipinski definition) is 3. The minimum Gasteiger partial charge on any atom is -0.469 e. The van der Waals surface area contributed by atoms with E-state index in [2.05, 4.69) is 17.1 Å². The fraction of sp³-hybridized carbons (Fsp3) is 0.545. The van der Waals surface area contributed by atoms with Gasteiger partial charge in [0, 0.05) is 25.6 Å². The lowest BCUT2D eigenvalue weighted by atomic mass is 10.1. The molecule has 0 aliphatic carbocycles. The maximum absolute atomic E-state index is 11.2. The number of piperazine rings is 1. The van der Waals surface area contributed by atoms with Crippen molar-refractivity contribution in [2.75, 3.05) is 19.6 Å². The summed E-state index contributed by atoms with van der Waals surface area (Å²) in [6, 6.07) is 4.22. The quantitative estimate of drug-likeness (QED) is 0.793. The summed E-state index contributed by atoms with van der Waals surface area (Å²) in [5.74, 6) is 1.10. The molecule has 82 valence electrons. The first-order valence-corrected chi connectivity index (χ1v) is 5.29. The molecular weight excluding hydrogens is 192 g/mol. The van der Waals surface area contributed by atoms with Crippen LogP contribution in [-0.2, 0) is 11.2 Å². The molecule has 0 bridgehead atoms. The second-order valence-electron chi connectivity index (χ2n) is 3.95. The second kappa shape index (κ2) is 4.49. The van der Waals surface area contributed by atoms with Crippen LogP contribution in [0.25, 0.3) is 0 Å². The average molecular weight is 208 g/mol. The van der Waals surface area contributed by atoms with Gasteiger partial charge < -0.3 is 9.73 Å². The minimum atomic E-state index is 0.118. The molecule has 1 atom stereocenters. The van der Waals surface area contributed by atoms with Gasteiger partial charge in [-0.15, -0.1) is 0 Å². The van der Waals surface area contributed by atoms with Crippen LogP contribution in [0.2, 0.25) is 0 Å². The molecule has 0 spiro atoms. The van der Waals surface area contributed by atoms with Gasteiger partial charge in [-0.1, -0.05) is 0 Å². The van der Waals surface area contributed by atoms with Gasteiger partial charge in [-0.05, 0) is 19.1 Å². The molecule has 0 saturated carbocycles. The SMILES string of the molecule is C[C@H](Cc1ccco1)N1CCNC(=O)C1. The van der Waals surface area contributed by atoms with Gasteiger partial charge in [-0.3, -0.25) is 9.69 Å². The van der Waals surface area contributed by atoms with E-state index in [1.165, 1.54) is 0 Å². The Kier molecular flexibility index (Phi) is 3.06. The summed E-state index contributed by atoms with van der Waals surface area (Å²) in [6.45, 7) is 4.30. The first-order valence-electron chi connectivity index (χ1n) is 5.29. The van der Waals surface area contributed by atoms with Crippen LogP contribution in [0.3, 0.4) is 0 Å². The molecule has 2 rings (SSSR count). The van der Waals surface area contributed by atoms with E-state index >= 15 is 0 Å². The molecule has 1 aliphatic heterocycles. The number of furan rings is 1. The Morgan fingerprint density at radius 3 is 3.20 bits per heavy atom. The van der Waals surface area contributed by atoms with Crippen LogP contribution in [0.4, 0.5) is 0 Å². The molecule has 1 aromatic heterocycles. The van der Waals surface area contributed by atoms with Gasteiger partial charge in [0.25, 0.3) is 0 Å². The van der Waals surface area contributed by atoms with Crippen LogP contribution >= 0.6 is 0 Å². The van der Waals surface area contributed by atoms with Gasteiger partial charge in [-0.2, -0.15) is 0 Å². The van der Waals surface area contributed by atoms with E-state index in [4.69, 9.17) is 4.42 Å². The topological polar surface area (TPSA) is 45.5 Å². The highest BCUT2D eigenvalue weighted by atomic mass is 16.3. The van der Waals surface area contributed by atoms with Gasteiger partial charge in [-0.25, -0.2) is 0 Å². The number of carbonyl (C=O) groups excluding carboxylic acids is 1. The van der Waals surface area contributed by atoms with E-state index < -0.39 is 0 Å². The van der Waals surface area contributed by atoms with Crippen molar-refractivity contribution >= 4 is 5.91 Å². The Balaban J connectivity index is 1.90. The van der Waals surface area contributed by atoms with Crippen molar-refractivity contribution in [3.63, 3.8) is 0 Å². The van der Waals surface area contributed by atoms with Gasteiger partial charge in [0.1, 0.15) is 5.76 Å². The fourth-order valence-corrected chi connectivity index (χ4v) is 1.88. The molecule has 1 amide bonds. The molecule has 15 heavy (non-hydrogen) atoms. The van der Waals surface area contributed by atoms with E-state index in [1.54, 1.807) is 6.26 Å². The van der Waals surface area contributed by atoms with Gasteiger partial charge in [0.05, 0.1) is 12.8 Å². The van der Waals surface area contributed by atoms with Crippen LogP contribution in [0.5, 0.6) is 0 Å². The number of amides is 1. The van der Waals surface area contributed by atoms with E-state index in [-0.39, 0.29) is 5.91 Å². The standard InChI is InChI=1S/C11H16N2O2/c1-9(7-10-3-2-6-15-10)13-5-4-12-11(14)8-13/h2-3,6,9H,4-5,7-8H2,1H3,(H,12,14)/t9-/m1/s1.